The molecule has 0 atom stereocenters. The van der Waals surface area contributed by atoms with Crippen molar-refractivity contribution in [1.82, 2.24) is 15.2 Å². The fourth-order valence-corrected chi connectivity index (χ4v) is 4.03. The number of aromatic nitrogens is 3. The van der Waals surface area contributed by atoms with Gasteiger partial charge in [-0.1, -0.05) is 35.0 Å². The van der Waals surface area contributed by atoms with Gasteiger partial charge in [0.15, 0.2) is 5.82 Å². The second-order valence-corrected chi connectivity index (χ2v) is 8.07. The average molecular weight is 448 g/mol. The van der Waals surface area contributed by atoms with E-state index in [0.29, 0.717) is 43.7 Å². The van der Waals surface area contributed by atoms with E-state index in [1.165, 1.54) is 17.8 Å². The molecule has 0 saturated carbocycles. The van der Waals surface area contributed by atoms with Crippen molar-refractivity contribution in [3.63, 3.8) is 0 Å². The van der Waals surface area contributed by atoms with Crippen molar-refractivity contribution in [3.05, 3.63) is 68.0 Å². The van der Waals surface area contributed by atoms with Gasteiger partial charge < -0.3 is 9.15 Å². The summed E-state index contributed by atoms with van der Waals surface area (Å²) in [6.07, 6.45) is 0. The van der Waals surface area contributed by atoms with Crippen LogP contribution in [0.25, 0.3) is 22.4 Å². The van der Waals surface area contributed by atoms with Crippen LogP contribution < -0.4 is 10.4 Å². The fraction of sp³-hybridized carbons (Fsp3) is 0.150. The van der Waals surface area contributed by atoms with Crippen LogP contribution in [0.15, 0.2) is 50.8 Å². The number of halogens is 2. The Balaban J connectivity index is 1.62. The Labute approximate surface area is 180 Å². The lowest BCUT2D eigenvalue weighted by molar-refractivity contribution is 0.416. The number of nitrogens with zero attached hydrogens (tertiary/aromatic N) is 2. The molecule has 0 bridgehead atoms. The second-order valence-electron chi connectivity index (χ2n) is 6.29. The van der Waals surface area contributed by atoms with E-state index in [1.54, 1.807) is 31.4 Å². The first kappa shape index (κ1) is 19.8. The number of aromatic amines is 1. The van der Waals surface area contributed by atoms with Crippen LogP contribution in [-0.2, 0) is 5.75 Å². The first-order valence-corrected chi connectivity index (χ1v) is 10.3. The number of nitrogens with one attached hydrogen (secondary N) is 1. The van der Waals surface area contributed by atoms with Crippen molar-refractivity contribution in [1.29, 1.82) is 0 Å². The minimum absolute atomic E-state index is 0.408. The summed E-state index contributed by atoms with van der Waals surface area (Å²) in [5.41, 5.74) is 2.46. The van der Waals surface area contributed by atoms with Gasteiger partial charge in [-0.05, 0) is 48.4 Å². The summed E-state index contributed by atoms with van der Waals surface area (Å²) in [5, 5.41) is 9.66. The summed E-state index contributed by atoms with van der Waals surface area (Å²) >= 11 is 13.7. The highest BCUT2D eigenvalue weighted by Crippen LogP contribution is 2.32. The molecule has 2 aromatic heterocycles. The van der Waals surface area contributed by atoms with Crippen molar-refractivity contribution >= 4 is 45.9 Å². The van der Waals surface area contributed by atoms with E-state index in [2.05, 4.69) is 15.2 Å². The zero-order valence-corrected chi connectivity index (χ0v) is 17.8. The molecule has 9 heteroatoms. The summed E-state index contributed by atoms with van der Waals surface area (Å²) in [6.45, 7) is 1.86. The van der Waals surface area contributed by atoms with Crippen molar-refractivity contribution in [2.45, 2.75) is 17.8 Å². The topological polar surface area (TPSA) is 81.0 Å². The van der Waals surface area contributed by atoms with Gasteiger partial charge in [0.05, 0.1) is 12.7 Å². The molecule has 0 amide bonds. The third kappa shape index (κ3) is 4.12. The number of rotatable bonds is 5. The number of hydrogen-bond acceptors (Lipinski definition) is 6. The van der Waals surface area contributed by atoms with Gasteiger partial charge in [0.2, 0.25) is 5.16 Å². The molecule has 0 fully saturated rings. The number of fused-ring (bicyclic) bond motifs is 1. The summed E-state index contributed by atoms with van der Waals surface area (Å²) in [4.78, 5) is 16.4. The molecule has 4 rings (SSSR count). The number of benzene rings is 2. The van der Waals surface area contributed by atoms with E-state index in [4.69, 9.17) is 32.4 Å². The zero-order chi connectivity index (χ0) is 20.5. The summed E-state index contributed by atoms with van der Waals surface area (Å²) in [5.74, 6) is 1.66. The monoisotopic (exact) mass is 447 g/mol. The molecule has 0 aliphatic rings. The van der Waals surface area contributed by atoms with E-state index in [9.17, 15) is 4.79 Å². The fourth-order valence-electron chi connectivity index (χ4n) is 2.91. The predicted octanol–water partition coefficient (Wildman–Crippen LogP) is 5.49. The summed E-state index contributed by atoms with van der Waals surface area (Å²) < 4.78 is 10.7. The van der Waals surface area contributed by atoms with Gasteiger partial charge in [-0.25, -0.2) is 9.78 Å². The Bertz CT molecular complexity index is 1270. The first-order chi connectivity index (χ1) is 13.9. The average Bonchev–Trinajstić information content (AvgIpc) is 3.16. The summed E-state index contributed by atoms with van der Waals surface area (Å²) in [6, 6.07) is 10.3. The molecule has 0 radical (unpaired) electrons. The maximum Gasteiger partial charge on any atom is 0.336 e. The molecule has 0 spiro atoms. The van der Waals surface area contributed by atoms with E-state index in [1.807, 2.05) is 13.0 Å². The lowest BCUT2D eigenvalue weighted by atomic mass is 10.1. The van der Waals surface area contributed by atoms with Gasteiger partial charge >= 0.3 is 5.63 Å². The highest BCUT2D eigenvalue weighted by molar-refractivity contribution is 7.98. The third-order valence-corrected chi connectivity index (χ3v) is 5.89. The van der Waals surface area contributed by atoms with Crippen molar-refractivity contribution in [3.8, 4) is 17.1 Å². The highest BCUT2D eigenvalue weighted by atomic mass is 35.5. The van der Waals surface area contributed by atoms with Gasteiger partial charge in [-0.15, -0.1) is 5.10 Å². The quantitative estimate of drug-likeness (QED) is 0.321. The summed E-state index contributed by atoms with van der Waals surface area (Å²) in [7, 11) is 1.58. The van der Waals surface area contributed by atoms with Gasteiger partial charge in [0.1, 0.15) is 11.3 Å². The lowest BCUT2D eigenvalue weighted by Crippen LogP contribution is -2.00. The van der Waals surface area contributed by atoms with Gasteiger partial charge in [-0.3, -0.25) is 5.10 Å². The van der Waals surface area contributed by atoms with Gasteiger partial charge in [0, 0.05) is 27.3 Å². The van der Waals surface area contributed by atoms with Gasteiger partial charge in [0.25, 0.3) is 0 Å². The van der Waals surface area contributed by atoms with Crippen molar-refractivity contribution in [2.75, 3.05) is 7.11 Å². The predicted molar refractivity (Wildman–Crippen MR) is 115 cm³/mol. The van der Waals surface area contributed by atoms with Crippen LogP contribution in [0.2, 0.25) is 10.0 Å². The molecular weight excluding hydrogens is 433 g/mol. The minimum atomic E-state index is -0.408. The molecule has 2 aromatic carbocycles. The molecule has 4 aromatic rings. The highest BCUT2D eigenvalue weighted by Gasteiger charge is 2.14. The third-order valence-electron chi connectivity index (χ3n) is 4.35. The first-order valence-electron chi connectivity index (χ1n) is 8.56. The minimum Gasteiger partial charge on any atom is -0.496 e. The van der Waals surface area contributed by atoms with E-state index in [0.717, 1.165) is 16.5 Å². The molecule has 29 heavy (non-hydrogen) atoms. The normalized spacial score (nSPS) is 11.2. The van der Waals surface area contributed by atoms with E-state index < -0.39 is 5.63 Å². The van der Waals surface area contributed by atoms with E-state index in [-0.39, 0.29) is 0 Å². The van der Waals surface area contributed by atoms with Crippen LogP contribution in [0.5, 0.6) is 5.75 Å². The molecule has 0 saturated heterocycles. The number of thioether (sulfide) groups is 1. The lowest BCUT2D eigenvalue weighted by Gasteiger charge is -2.06. The number of methoxy groups -OCH3 is 1. The number of hydrogen-bond donors (Lipinski definition) is 1. The number of H-pyrrole nitrogens is 1. The number of aryl methyl sites for hydroxylation is 1. The van der Waals surface area contributed by atoms with Crippen LogP contribution in [-0.4, -0.2) is 22.3 Å². The molecule has 6 nitrogen and oxygen atoms in total. The molecule has 0 aliphatic carbocycles. The molecule has 1 N–H and O–H groups in total. The van der Waals surface area contributed by atoms with Crippen molar-refractivity contribution in [2.24, 2.45) is 0 Å². The Morgan fingerprint density at radius 3 is 2.83 bits per heavy atom. The smallest absolute Gasteiger partial charge is 0.336 e. The van der Waals surface area contributed by atoms with Crippen LogP contribution in [0.1, 0.15) is 11.1 Å². The molecule has 148 valence electrons. The molecular formula is C20H15Cl2N3O3S. The maximum absolute atomic E-state index is 11.9. The Morgan fingerprint density at radius 1 is 1.21 bits per heavy atom. The maximum atomic E-state index is 11.9. The zero-order valence-electron chi connectivity index (χ0n) is 15.5. The number of ether oxygens (including phenoxy) is 1. The van der Waals surface area contributed by atoms with Gasteiger partial charge in [-0.2, -0.15) is 0 Å². The largest absolute Gasteiger partial charge is 0.496 e. The van der Waals surface area contributed by atoms with Crippen LogP contribution in [0, 0.1) is 6.92 Å². The molecule has 0 unspecified atom stereocenters. The van der Waals surface area contributed by atoms with Crippen LogP contribution >= 0.6 is 35.0 Å². The molecule has 0 aliphatic heterocycles. The van der Waals surface area contributed by atoms with Crippen LogP contribution in [0.3, 0.4) is 0 Å². The Morgan fingerprint density at radius 2 is 2.03 bits per heavy atom. The standard InChI is InChI=1S/C20H15Cl2N3O3S/c1-10-5-17-13(8-15(10)22)11(6-18(26)28-17)9-29-20-23-19(24-25-20)14-7-12(21)3-4-16(14)27-2/h3-8H,9H2,1-2H3,(H,23,24,25). The van der Waals surface area contributed by atoms with Crippen LogP contribution in [0.4, 0.5) is 0 Å². The molecule has 2 heterocycles. The van der Waals surface area contributed by atoms with Crippen molar-refractivity contribution < 1.29 is 9.15 Å². The Kier molecular flexibility index (Phi) is 5.54. The second kappa shape index (κ2) is 8.10. The van der Waals surface area contributed by atoms with E-state index >= 15 is 0 Å². The SMILES string of the molecule is COc1ccc(Cl)cc1-c1nc(SCc2cc(=O)oc3cc(C)c(Cl)cc23)n[nH]1. The Hall–Kier alpha value is -2.48.